The van der Waals surface area contributed by atoms with Crippen molar-refractivity contribution in [2.75, 3.05) is 0 Å². The zero-order valence-electron chi connectivity index (χ0n) is 17.4. The summed E-state index contributed by atoms with van der Waals surface area (Å²) in [4.78, 5) is 8.78. The van der Waals surface area contributed by atoms with Crippen molar-refractivity contribution in [3.8, 4) is 17.6 Å². The number of aromatic nitrogens is 3. The summed E-state index contributed by atoms with van der Waals surface area (Å²) in [5.74, 6) is 0.263. The van der Waals surface area contributed by atoms with Crippen molar-refractivity contribution in [1.29, 1.82) is 5.26 Å². The molecule has 1 aromatic carbocycles. The molecule has 30 heavy (non-hydrogen) atoms. The fourth-order valence-corrected chi connectivity index (χ4v) is 5.47. The Labute approximate surface area is 176 Å². The van der Waals surface area contributed by atoms with Crippen molar-refractivity contribution in [1.82, 2.24) is 19.3 Å². The molecular weight excluding hydrogens is 398 g/mol. The Morgan fingerprint density at radius 3 is 2.63 bits per heavy atom. The number of fused-ring (bicyclic) bond motifs is 1. The molecule has 2 heterocycles. The standard InChI is InChI=1S/C22H25N5O2S/c1-14(2)26-30(28,29)20-10-11-24-22(25-20)21-18(13-23)17-12-15(3)8-9-19(17)27(21)16-6-4-5-7-16/h8-12,14,16,26H,4-7H2,1-3H3. The third kappa shape index (κ3) is 3.59. The monoisotopic (exact) mass is 423 g/mol. The van der Waals surface area contributed by atoms with Crippen LogP contribution in [0.1, 0.15) is 56.7 Å². The number of nitriles is 1. The third-order valence-electron chi connectivity index (χ3n) is 5.47. The average molecular weight is 424 g/mol. The fraction of sp³-hybridized carbons (Fsp3) is 0.409. The first-order chi connectivity index (χ1) is 14.3. The summed E-state index contributed by atoms with van der Waals surface area (Å²) in [7, 11) is -3.77. The molecule has 0 saturated heterocycles. The second kappa shape index (κ2) is 7.82. The molecular formula is C22H25N5O2S. The summed E-state index contributed by atoms with van der Waals surface area (Å²) in [6, 6.07) is 9.78. The van der Waals surface area contributed by atoms with Crippen LogP contribution in [0.25, 0.3) is 22.4 Å². The van der Waals surface area contributed by atoms with Gasteiger partial charge < -0.3 is 4.57 Å². The van der Waals surface area contributed by atoms with Crippen molar-refractivity contribution in [3.05, 3.63) is 41.6 Å². The van der Waals surface area contributed by atoms with E-state index in [0.29, 0.717) is 11.3 Å². The third-order valence-corrected chi connectivity index (χ3v) is 7.03. The topological polar surface area (TPSA) is 101 Å². The maximum atomic E-state index is 12.7. The number of benzene rings is 1. The predicted octanol–water partition coefficient (Wildman–Crippen LogP) is 4.08. The van der Waals surface area contributed by atoms with Crippen molar-refractivity contribution in [3.63, 3.8) is 0 Å². The van der Waals surface area contributed by atoms with Crippen LogP contribution in [0.5, 0.6) is 0 Å². The van der Waals surface area contributed by atoms with Crippen LogP contribution in [0.2, 0.25) is 0 Å². The summed E-state index contributed by atoms with van der Waals surface area (Å²) in [6.07, 6.45) is 5.74. The smallest absolute Gasteiger partial charge is 0.258 e. The zero-order valence-corrected chi connectivity index (χ0v) is 18.2. The molecule has 1 aliphatic carbocycles. The van der Waals surface area contributed by atoms with Crippen molar-refractivity contribution >= 4 is 20.9 Å². The molecule has 2 aromatic heterocycles. The van der Waals surface area contributed by atoms with E-state index >= 15 is 0 Å². The first kappa shape index (κ1) is 20.5. The van der Waals surface area contributed by atoms with Gasteiger partial charge >= 0.3 is 0 Å². The van der Waals surface area contributed by atoms with E-state index in [1.165, 1.54) is 12.3 Å². The van der Waals surface area contributed by atoms with Crippen LogP contribution in [-0.4, -0.2) is 29.0 Å². The lowest BCUT2D eigenvalue weighted by molar-refractivity contribution is 0.538. The van der Waals surface area contributed by atoms with E-state index in [1.54, 1.807) is 13.8 Å². The van der Waals surface area contributed by atoms with Gasteiger partial charge in [0.15, 0.2) is 10.9 Å². The van der Waals surface area contributed by atoms with Gasteiger partial charge in [-0.25, -0.2) is 23.1 Å². The van der Waals surface area contributed by atoms with Crippen LogP contribution in [0.3, 0.4) is 0 Å². The minimum Gasteiger partial charge on any atom is -0.334 e. The van der Waals surface area contributed by atoms with Gasteiger partial charge in [-0.05, 0) is 51.8 Å². The van der Waals surface area contributed by atoms with Crippen LogP contribution in [0.4, 0.5) is 0 Å². The number of hydrogen-bond donors (Lipinski definition) is 1. The van der Waals surface area contributed by atoms with Gasteiger partial charge in [0.1, 0.15) is 11.8 Å². The van der Waals surface area contributed by atoms with Crippen molar-refractivity contribution < 1.29 is 8.42 Å². The van der Waals surface area contributed by atoms with Gasteiger partial charge in [-0.3, -0.25) is 0 Å². The van der Waals surface area contributed by atoms with Crippen LogP contribution in [-0.2, 0) is 10.0 Å². The summed E-state index contributed by atoms with van der Waals surface area (Å²) < 4.78 is 30.0. The molecule has 0 amide bonds. The Hall–Kier alpha value is -2.76. The Morgan fingerprint density at radius 2 is 1.97 bits per heavy atom. The van der Waals surface area contributed by atoms with Crippen LogP contribution >= 0.6 is 0 Å². The van der Waals surface area contributed by atoms with E-state index in [2.05, 4.69) is 25.3 Å². The number of sulfonamides is 1. The molecule has 1 saturated carbocycles. The number of nitrogens with zero attached hydrogens (tertiary/aromatic N) is 4. The average Bonchev–Trinajstić information content (AvgIpc) is 3.32. The maximum absolute atomic E-state index is 12.7. The SMILES string of the molecule is Cc1ccc2c(c1)c(C#N)c(-c1nccc(S(=O)(=O)NC(C)C)n1)n2C1CCCC1. The lowest BCUT2D eigenvalue weighted by atomic mass is 10.1. The zero-order chi connectivity index (χ0) is 21.5. The summed E-state index contributed by atoms with van der Waals surface area (Å²) in [5.41, 5.74) is 3.13. The van der Waals surface area contributed by atoms with Gasteiger partial charge in [-0.1, -0.05) is 24.5 Å². The highest BCUT2D eigenvalue weighted by Gasteiger charge is 2.28. The van der Waals surface area contributed by atoms with E-state index in [0.717, 1.165) is 42.1 Å². The molecule has 0 bridgehead atoms. The normalized spacial score (nSPS) is 15.2. The van der Waals surface area contributed by atoms with Gasteiger partial charge in [0, 0.05) is 23.7 Å². The highest BCUT2D eigenvalue weighted by atomic mass is 32.2. The number of nitrogens with one attached hydrogen (secondary N) is 1. The summed E-state index contributed by atoms with van der Waals surface area (Å²) in [5, 5.41) is 10.8. The summed E-state index contributed by atoms with van der Waals surface area (Å²) in [6.45, 7) is 5.51. The number of aryl methyl sites for hydroxylation is 1. The number of hydrogen-bond acceptors (Lipinski definition) is 5. The molecule has 0 atom stereocenters. The highest BCUT2D eigenvalue weighted by molar-refractivity contribution is 7.89. The molecule has 1 N–H and O–H groups in total. The Balaban J connectivity index is 1.98. The van der Waals surface area contributed by atoms with Crippen molar-refractivity contribution in [2.24, 2.45) is 0 Å². The van der Waals surface area contributed by atoms with Crippen LogP contribution in [0, 0.1) is 18.3 Å². The molecule has 8 heteroatoms. The van der Waals surface area contributed by atoms with Crippen molar-refractivity contribution in [2.45, 2.75) is 63.6 Å². The van der Waals surface area contributed by atoms with Crippen LogP contribution in [0.15, 0.2) is 35.5 Å². The molecule has 1 aliphatic rings. The van der Waals surface area contributed by atoms with E-state index in [9.17, 15) is 13.7 Å². The predicted molar refractivity (Wildman–Crippen MR) is 115 cm³/mol. The first-order valence-electron chi connectivity index (χ1n) is 10.2. The van der Waals surface area contributed by atoms with E-state index in [1.807, 2.05) is 25.1 Å². The minimum atomic E-state index is -3.77. The molecule has 0 radical (unpaired) electrons. The molecule has 0 spiro atoms. The molecule has 1 fully saturated rings. The fourth-order valence-electron chi connectivity index (χ4n) is 4.28. The van der Waals surface area contributed by atoms with Gasteiger partial charge in [-0.2, -0.15) is 5.26 Å². The second-order valence-corrected chi connectivity index (χ2v) is 9.82. The lowest BCUT2D eigenvalue weighted by Gasteiger charge is -2.18. The van der Waals surface area contributed by atoms with E-state index in [4.69, 9.17) is 0 Å². The molecule has 0 unspecified atom stereocenters. The van der Waals surface area contributed by atoms with Crippen LogP contribution < -0.4 is 4.72 Å². The molecule has 156 valence electrons. The number of rotatable bonds is 5. The maximum Gasteiger partial charge on any atom is 0.258 e. The van der Waals surface area contributed by atoms with Gasteiger partial charge in [-0.15, -0.1) is 0 Å². The summed E-state index contributed by atoms with van der Waals surface area (Å²) >= 11 is 0. The Kier molecular flexibility index (Phi) is 5.35. The highest BCUT2D eigenvalue weighted by Crippen LogP contribution is 2.40. The molecule has 7 nitrogen and oxygen atoms in total. The largest absolute Gasteiger partial charge is 0.334 e. The first-order valence-corrected chi connectivity index (χ1v) is 11.7. The second-order valence-electron chi connectivity index (χ2n) is 8.16. The molecule has 0 aliphatic heterocycles. The van der Waals surface area contributed by atoms with Gasteiger partial charge in [0.2, 0.25) is 0 Å². The Bertz CT molecular complexity index is 1250. The van der Waals surface area contributed by atoms with E-state index in [-0.39, 0.29) is 22.9 Å². The Morgan fingerprint density at radius 1 is 1.23 bits per heavy atom. The van der Waals surface area contributed by atoms with Gasteiger partial charge in [0.25, 0.3) is 10.0 Å². The van der Waals surface area contributed by atoms with Gasteiger partial charge in [0.05, 0.1) is 11.1 Å². The minimum absolute atomic E-state index is 0.0931. The van der Waals surface area contributed by atoms with E-state index < -0.39 is 10.0 Å². The molecule has 4 rings (SSSR count). The lowest BCUT2D eigenvalue weighted by Crippen LogP contribution is -2.31. The molecule has 3 aromatic rings. The quantitative estimate of drug-likeness (QED) is 0.623.